The van der Waals surface area contributed by atoms with E-state index >= 15 is 0 Å². The summed E-state index contributed by atoms with van der Waals surface area (Å²) in [5, 5.41) is 0. The van der Waals surface area contributed by atoms with Crippen LogP contribution in [0.25, 0.3) is 0 Å². The van der Waals surface area contributed by atoms with Gasteiger partial charge in [0.15, 0.2) is 0 Å². The van der Waals surface area contributed by atoms with Gasteiger partial charge >= 0.3 is 0 Å². The number of carbonyl (C=O) groups excluding carboxylic acids is 1. The molecule has 0 bridgehead atoms. The molecule has 1 aliphatic rings. The number of nitrogens with one attached hydrogen (secondary N) is 1. The molecule has 2 aromatic carbocycles. The van der Waals surface area contributed by atoms with Gasteiger partial charge in [-0.05, 0) is 49.6 Å². The number of carbonyl (C=O) groups is 1. The Morgan fingerprint density at radius 3 is 2.38 bits per heavy atom. The third-order valence-corrected chi connectivity index (χ3v) is 6.36. The minimum atomic E-state index is -3.69. The molecule has 0 heterocycles. The average molecular weight is 372 g/mol. The lowest BCUT2D eigenvalue weighted by Crippen LogP contribution is -2.35. The summed E-state index contributed by atoms with van der Waals surface area (Å²) < 4.78 is 27.8. The van der Waals surface area contributed by atoms with E-state index < -0.39 is 10.0 Å². The Bertz CT molecular complexity index is 889. The highest BCUT2D eigenvalue weighted by atomic mass is 32.2. The normalized spacial score (nSPS) is 15.0. The molecule has 1 aliphatic carbocycles. The number of anilines is 1. The molecule has 0 atom stereocenters. The summed E-state index contributed by atoms with van der Waals surface area (Å²) in [6.07, 6.45) is 4.36. The molecule has 5 nitrogen and oxygen atoms in total. The van der Waals surface area contributed by atoms with Gasteiger partial charge in [0, 0.05) is 18.7 Å². The molecular formula is C20H24N2O3S. The third kappa shape index (κ3) is 3.90. The van der Waals surface area contributed by atoms with E-state index in [1.54, 1.807) is 53.4 Å². The highest BCUT2D eigenvalue weighted by Crippen LogP contribution is 2.26. The van der Waals surface area contributed by atoms with Gasteiger partial charge in [0.05, 0.1) is 10.6 Å². The van der Waals surface area contributed by atoms with Crippen LogP contribution in [0.2, 0.25) is 0 Å². The van der Waals surface area contributed by atoms with Gasteiger partial charge < -0.3 is 4.90 Å². The fourth-order valence-electron chi connectivity index (χ4n) is 3.33. The molecule has 26 heavy (non-hydrogen) atoms. The van der Waals surface area contributed by atoms with Gasteiger partial charge in [-0.25, -0.2) is 8.42 Å². The van der Waals surface area contributed by atoms with Crippen molar-refractivity contribution in [1.29, 1.82) is 0 Å². The van der Waals surface area contributed by atoms with Crippen molar-refractivity contribution in [2.24, 2.45) is 0 Å². The van der Waals surface area contributed by atoms with Gasteiger partial charge in [0.1, 0.15) is 0 Å². The first-order valence-electron chi connectivity index (χ1n) is 8.84. The SMILES string of the molecule is Cc1ccc(C(=O)N(C)C2CCCC2)cc1NS(=O)(=O)c1ccccc1. The number of hydrogen-bond donors (Lipinski definition) is 1. The van der Waals surface area contributed by atoms with Crippen molar-refractivity contribution in [2.75, 3.05) is 11.8 Å². The summed E-state index contributed by atoms with van der Waals surface area (Å²) in [6, 6.07) is 13.6. The molecule has 0 aromatic heterocycles. The van der Waals surface area contributed by atoms with Crippen LogP contribution in [0.3, 0.4) is 0 Å². The second kappa shape index (κ2) is 7.50. The first kappa shape index (κ1) is 18.5. The van der Waals surface area contributed by atoms with Crippen molar-refractivity contribution in [2.45, 2.75) is 43.5 Å². The minimum Gasteiger partial charge on any atom is -0.339 e. The number of amides is 1. The summed E-state index contributed by atoms with van der Waals surface area (Å²) >= 11 is 0. The minimum absolute atomic E-state index is 0.0722. The van der Waals surface area contributed by atoms with E-state index in [-0.39, 0.29) is 16.8 Å². The first-order valence-corrected chi connectivity index (χ1v) is 10.3. The molecular weight excluding hydrogens is 348 g/mol. The Morgan fingerprint density at radius 2 is 1.73 bits per heavy atom. The van der Waals surface area contributed by atoms with Crippen molar-refractivity contribution in [3.8, 4) is 0 Å². The zero-order chi connectivity index (χ0) is 18.7. The van der Waals surface area contributed by atoms with E-state index in [0.29, 0.717) is 11.3 Å². The molecule has 0 aliphatic heterocycles. The molecule has 1 saturated carbocycles. The fraction of sp³-hybridized carbons (Fsp3) is 0.350. The fourth-order valence-corrected chi connectivity index (χ4v) is 4.47. The Labute approximate surface area is 155 Å². The van der Waals surface area contributed by atoms with Crippen molar-refractivity contribution in [1.82, 2.24) is 4.90 Å². The van der Waals surface area contributed by atoms with Gasteiger partial charge in [-0.3, -0.25) is 9.52 Å². The molecule has 0 spiro atoms. The Kier molecular flexibility index (Phi) is 5.32. The molecule has 0 unspecified atom stereocenters. The van der Waals surface area contributed by atoms with E-state index in [2.05, 4.69) is 4.72 Å². The number of rotatable bonds is 5. The smallest absolute Gasteiger partial charge is 0.261 e. The predicted molar refractivity (Wildman–Crippen MR) is 103 cm³/mol. The second-order valence-corrected chi connectivity index (χ2v) is 8.48. The van der Waals surface area contributed by atoms with E-state index in [1.807, 2.05) is 14.0 Å². The molecule has 2 aromatic rings. The third-order valence-electron chi connectivity index (χ3n) is 4.98. The maximum Gasteiger partial charge on any atom is 0.261 e. The number of nitrogens with zero attached hydrogens (tertiary/aromatic N) is 1. The van der Waals surface area contributed by atoms with Gasteiger partial charge in [-0.15, -0.1) is 0 Å². The number of sulfonamides is 1. The average Bonchev–Trinajstić information content (AvgIpc) is 3.17. The van der Waals surface area contributed by atoms with Crippen molar-refractivity contribution in [3.05, 3.63) is 59.7 Å². The van der Waals surface area contributed by atoms with Crippen LogP contribution < -0.4 is 4.72 Å². The Hall–Kier alpha value is -2.34. The highest BCUT2D eigenvalue weighted by molar-refractivity contribution is 7.92. The van der Waals surface area contributed by atoms with E-state index in [1.165, 1.54) is 0 Å². The molecule has 3 rings (SSSR count). The van der Waals surface area contributed by atoms with Crippen LogP contribution in [-0.4, -0.2) is 32.3 Å². The topological polar surface area (TPSA) is 66.5 Å². The van der Waals surface area contributed by atoms with Crippen LogP contribution in [0.5, 0.6) is 0 Å². The lowest BCUT2D eigenvalue weighted by atomic mass is 10.1. The standard InChI is InChI=1S/C20H24N2O3S/c1-15-12-13-16(20(23)22(2)17-8-6-7-9-17)14-19(15)21-26(24,25)18-10-4-3-5-11-18/h3-5,10-14,17,21H,6-9H2,1-2H3. The van der Waals surface area contributed by atoms with E-state index in [9.17, 15) is 13.2 Å². The number of benzene rings is 2. The summed E-state index contributed by atoms with van der Waals surface area (Å²) in [7, 11) is -1.86. The molecule has 138 valence electrons. The molecule has 0 radical (unpaired) electrons. The summed E-state index contributed by atoms with van der Waals surface area (Å²) in [5.41, 5.74) is 1.69. The first-order chi connectivity index (χ1) is 12.4. The number of hydrogen-bond acceptors (Lipinski definition) is 3. The van der Waals surface area contributed by atoms with Gasteiger partial charge in [-0.2, -0.15) is 0 Å². The van der Waals surface area contributed by atoms with Crippen molar-refractivity contribution in [3.63, 3.8) is 0 Å². The maximum absolute atomic E-state index is 12.8. The van der Waals surface area contributed by atoms with Crippen LogP contribution in [0.1, 0.15) is 41.6 Å². The quantitative estimate of drug-likeness (QED) is 0.868. The van der Waals surface area contributed by atoms with E-state index in [4.69, 9.17) is 0 Å². The van der Waals surface area contributed by atoms with Crippen LogP contribution in [0, 0.1) is 6.92 Å². The second-order valence-electron chi connectivity index (χ2n) is 6.80. The van der Waals surface area contributed by atoms with Gasteiger partial charge in [0.25, 0.3) is 15.9 Å². The van der Waals surface area contributed by atoms with Crippen LogP contribution in [0.4, 0.5) is 5.69 Å². The molecule has 0 saturated heterocycles. The van der Waals surface area contributed by atoms with E-state index in [0.717, 1.165) is 31.2 Å². The molecule has 1 N–H and O–H groups in total. The van der Waals surface area contributed by atoms with Crippen molar-refractivity contribution >= 4 is 21.6 Å². The zero-order valence-electron chi connectivity index (χ0n) is 15.1. The maximum atomic E-state index is 12.8. The molecule has 6 heteroatoms. The van der Waals surface area contributed by atoms with Crippen LogP contribution in [-0.2, 0) is 10.0 Å². The summed E-state index contributed by atoms with van der Waals surface area (Å²) in [5.74, 6) is -0.0722. The zero-order valence-corrected chi connectivity index (χ0v) is 15.9. The van der Waals surface area contributed by atoms with Crippen molar-refractivity contribution < 1.29 is 13.2 Å². The predicted octanol–water partition coefficient (Wildman–Crippen LogP) is 3.81. The molecule has 1 fully saturated rings. The Morgan fingerprint density at radius 1 is 1.08 bits per heavy atom. The highest BCUT2D eigenvalue weighted by Gasteiger charge is 2.25. The summed E-state index contributed by atoms with van der Waals surface area (Å²) in [4.78, 5) is 14.8. The largest absolute Gasteiger partial charge is 0.339 e. The molecule has 1 amide bonds. The Balaban J connectivity index is 1.85. The van der Waals surface area contributed by atoms with Gasteiger partial charge in [-0.1, -0.05) is 37.1 Å². The monoisotopic (exact) mass is 372 g/mol. The summed E-state index contributed by atoms with van der Waals surface area (Å²) in [6.45, 7) is 1.82. The van der Waals surface area contributed by atoms with Crippen LogP contribution in [0.15, 0.2) is 53.4 Å². The lowest BCUT2D eigenvalue weighted by molar-refractivity contribution is 0.0735. The number of aryl methyl sites for hydroxylation is 1. The van der Waals surface area contributed by atoms with Gasteiger partial charge in [0.2, 0.25) is 0 Å². The lowest BCUT2D eigenvalue weighted by Gasteiger charge is -2.24. The van der Waals surface area contributed by atoms with Crippen LogP contribution >= 0.6 is 0 Å².